The van der Waals surface area contributed by atoms with Gasteiger partial charge in [-0.25, -0.2) is 8.78 Å². The summed E-state index contributed by atoms with van der Waals surface area (Å²) in [6.45, 7) is 3.70. The lowest BCUT2D eigenvalue weighted by atomic mass is 10.1. The Labute approximate surface area is 130 Å². The molecule has 2 fully saturated rings. The Morgan fingerprint density at radius 1 is 1.05 bits per heavy atom. The second-order valence-corrected chi connectivity index (χ2v) is 6.48. The maximum atomic E-state index is 13.8. The molecule has 1 N–H and O–H groups in total. The number of nitrogens with zero attached hydrogens (tertiary/aromatic N) is 2. The average Bonchev–Trinajstić information content (AvgIpc) is 3.12. The van der Waals surface area contributed by atoms with Crippen molar-refractivity contribution in [3.05, 3.63) is 35.4 Å². The van der Waals surface area contributed by atoms with E-state index in [0.29, 0.717) is 18.2 Å². The van der Waals surface area contributed by atoms with Gasteiger partial charge in [0.25, 0.3) is 0 Å². The summed E-state index contributed by atoms with van der Waals surface area (Å²) in [5.74, 6) is -0.984. The largest absolute Gasteiger partial charge is 0.395 e. The van der Waals surface area contributed by atoms with Crippen LogP contribution in [0, 0.1) is 11.6 Å². The van der Waals surface area contributed by atoms with E-state index >= 15 is 0 Å². The number of aliphatic hydroxyl groups is 1. The van der Waals surface area contributed by atoms with Crippen LogP contribution in [0.25, 0.3) is 0 Å². The molecule has 122 valence electrons. The first-order chi connectivity index (χ1) is 10.7. The smallest absolute Gasteiger partial charge is 0.130 e. The molecule has 3 rings (SSSR count). The summed E-state index contributed by atoms with van der Waals surface area (Å²) >= 11 is 0. The molecule has 3 nitrogen and oxygen atoms in total. The van der Waals surface area contributed by atoms with E-state index < -0.39 is 11.6 Å². The van der Waals surface area contributed by atoms with Crippen LogP contribution in [0.4, 0.5) is 8.78 Å². The molecule has 2 unspecified atom stereocenters. The van der Waals surface area contributed by atoms with Crippen molar-refractivity contribution in [3.8, 4) is 0 Å². The molecule has 2 atom stereocenters. The summed E-state index contributed by atoms with van der Waals surface area (Å²) in [5.41, 5.74) is 0.563. The number of rotatable bonds is 5. The van der Waals surface area contributed by atoms with Gasteiger partial charge in [-0.2, -0.15) is 0 Å². The number of hydrogen-bond donors (Lipinski definition) is 1. The molecule has 22 heavy (non-hydrogen) atoms. The van der Waals surface area contributed by atoms with Crippen molar-refractivity contribution in [1.29, 1.82) is 0 Å². The molecule has 2 heterocycles. The summed E-state index contributed by atoms with van der Waals surface area (Å²) in [5, 5.41) is 9.43. The summed E-state index contributed by atoms with van der Waals surface area (Å²) in [4.78, 5) is 4.66. The van der Waals surface area contributed by atoms with Crippen molar-refractivity contribution >= 4 is 0 Å². The third-order valence-electron chi connectivity index (χ3n) is 5.04. The van der Waals surface area contributed by atoms with E-state index in [1.54, 1.807) is 6.07 Å². The van der Waals surface area contributed by atoms with Crippen LogP contribution in [0.5, 0.6) is 0 Å². The lowest BCUT2D eigenvalue weighted by molar-refractivity contribution is 0.119. The van der Waals surface area contributed by atoms with Crippen molar-refractivity contribution in [2.45, 2.75) is 44.3 Å². The van der Waals surface area contributed by atoms with Crippen LogP contribution in [0.3, 0.4) is 0 Å². The highest BCUT2D eigenvalue weighted by atomic mass is 19.1. The topological polar surface area (TPSA) is 26.7 Å². The van der Waals surface area contributed by atoms with E-state index in [9.17, 15) is 13.9 Å². The highest BCUT2D eigenvalue weighted by molar-refractivity contribution is 5.18. The Hall–Kier alpha value is -1.04. The zero-order valence-corrected chi connectivity index (χ0v) is 12.8. The van der Waals surface area contributed by atoms with Crippen LogP contribution in [-0.4, -0.2) is 53.2 Å². The predicted octanol–water partition coefficient (Wildman–Crippen LogP) is 2.39. The van der Waals surface area contributed by atoms with Crippen LogP contribution < -0.4 is 0 Å². The summed E-state index contributed by atoms with van der Waals surface area (Å²) in [6.07, 6.45) is 4.43. The molecule has 1 aromatic rings. The minimum Gasteiger partial charge on any atom is -0.395 e. The third-order valence-corrected chi connectivity index (χ3v) is 5.04. The maximum absolute atomic E-state index is 13.8. The Kier molecular flexibility index (Phi) is 5.06. The van der Waals surface area contributed by atoms with Gasteiger partial charge in [0.1, 0.15) is 11.6 Å². The molecule has 0 bridgehead atoms. The van der Waals surface area contributed by atoms with E-state index in [1.807, 2.05) is 0 Å². The number of benzene rings is 1. The van der Waals surface area contributed by atoms with Gasteiger partial charge in [-0.3, -0.25) is 9.80 Å². The van der Waals surface area contributed by atoms with E-state index in [2.05, 4.69) is 9.80 Å². The molecule has 5 heteroatoms. The first kappa shape index (κ1) is 15.8. The Morgan fingerprint density at radius 3 is 2.50 bits per heavy atom. The second-order valence-electron chi connectivity index (χ2n) is 6.48. The zero-order chi connectivity index (χ0) is 15.5. The van der Waals surface area contributed by atoms with Gasteiger partial charge in [0, 0.05) is 36.8 Å². The predicted molar refractivity (Wildman–Crippen MR) is 81.5 cm³/mol. The fourth-order valence-electron chi connectivity index (χ4n) is 3.79. The van der Waals surface area contributed by atoms with Gasteiger partial charge in [0.05, 0.1) is 6.61 Å². The molecule has 1 aromatic carbocycles. The lowest BCUT2D eigenvalue weighted by Gasteiger charge is -2.31. The Balaban J connectivity index is 1.63. The average molecular weight is 310 g/mol. The molecule has 0 radical (unpaired) electrons. The molecule has 0 aromatic heterocycles. The Bertz CT molecular complexity index is 511. The van der Waals surface area contributed by atoms with Gasteiger partial charge >= 0.3 is 0 Å². The molecule has 2 aliphatic rings. The number of halogens is 2. The Morgan fingerprint density at radius 2 is 1.77 bits per heavy atom. The first-order valence-corrected chi connectivity index (χ1v) is 8.20. The summed E-state index contributed by atoms with van der Waals surface area (Å²) in [6, 6.07) is 4.52. The van der Waals surface area contributed by atoms with Gasteiger partial charge in [-0.1, -0.05) is 6.07 Å². The number of hydrogen-bond acceptors (Lipinski definition) is 3. The molecule has 2 saturated heterocycles. The number of aliphatic hydroxyl groups excluding tert-OH is 1. The summed E-state index contributed by atoms with van der Waals surface area (Å²) in [7, 11) is 0. The van der Waals surface area contributed by atoms with Crippen molar-refractivity contribution in [1.82, 2.24) is 9.80 Å². The molecule has 0 aliphatic carbocycles. The van der Waals surface area contributed by atoms with Crippen LogP contribution in [-0.2, 0) is 6.54 Å². The molecular formula is C17H24F2N2O. The van der Waals surface area contributed by atoms with Gasteiger partial charge in [-0.15, -0.1) is 0 Å². The van der Waals surface area contributed by atoms with E-state index in [4.69, 9.17) is 0 Å². The van der Waals surface area contributed by atoms with Crippen molar-refractivity contribution in [2.75, 3.05) is 26.2 Å². The second kappa shape index (κ2) is 7.02. The highest BCUT2D eigenvalue weighted by Crippen LogP contribution is 2.25. The van der Waals surface area contributed by atoms with E-state index in [-0.39, 0.29) is 12.6 Å². The zero-order valence-electron chi connectivity index (χ0n) is 12.8. The molecule has 2 aliphatic heterocycles. The molecule has 0 spiro atoms. The highest BCUT2D eigenvalue weighted by Gasteiger charge is 2.31. The van der Waals surface area contributed by atoms with Crippen molar-refractivity contribution < 1.29 is 13.9 Å². The van der Waals surface area contributed by atoms with Crippen LogP contribution in [0.15, 0.2) is 18.2 Å². The molecular weight excluding hydrogens is 286 g/mol. The minimum absolute atomic E-state index is 0.222. The van der Waals surface area contributed by atoms with Crippen molar-refractivity contribution in [2.24, 2.45) is 0 Å². The van der Waals surface area contributed by atoms with E-state index in [1.165, 1.54) is 6.07 Å². The molecule has 0 saturated carbocycles. The minimum atomic E-state index is -0.526. The van der Waals surface area contributed by atoms with Crippen LogP contribution in [0.2, 0.25) is 0 Å². The third kappa shape index (κ3) is 3.47. The number of likely N-dealkylation sites (tertiary alicyclic amines) is 2. The lowest BCUT2D eigenvalue weighted by Crippen LogP contribution is -2.43. The fourth-order valence-corrected chi connectivity index (χ4v) is 3.79. The maximum Gasteiger partial charge on any atom is 0.130 e. The van der Waals surface area contributed by atoms with Gasteiger partial charge in [-0.05, 0) is 44.8 Å². The quantitative estimate of drug-likeness (QED) is 0.904. The SMILES string of the molecule is OCC1CCCN1CC1CCCN1Cc1ccc(F)cc1F. The fraction of sp³-hybridized carbons (Fsp3) is 0.647. The van der Waals surface area contributed by atoms with Crippen molar-refractivity contribution in [3.63, 3.8) is 0 Å². The normalized spacial score (nSPS) is 26.9. The van der Waals surface area contributed by atoms with Crippen LogP contribution in [0.1, 0.15) is 31.2 Å². The monoisotopic (exact) mass is 310 g/mol. The van der Waals surface area contributed by atoms with Crippen LogP contribution >= 0.6 is 0 Å². The van der Waals surface area contributed by atoms with E-state index in [0.717, 1.165) is 51.4 Å². The van der Waals surface area contributed by atoms with Gasteiger partial charge < -0.3 is 5.11 Å². The first-order valence-electron chi connectivity index (χ1n) is 8.20. The van der Waals surface area contributed by atoms with Gasteiger partial charge in [0.15, 0.2) is 0 Å². The molecule has 0 amide bonds. The standard InChI is InChI=1S/C17H24F2N2O/c18-14-6-5-13(17(19)9-14)10-20-7-1-3-15(20)11-21-8-2-4-16(21)12-22/h5-6,9,15-16,22H,1-4,7-8,10-12H2. The summed E-state index contributed by atoms with van der Waals surface area (Å²) < 4.78 is 26.8. The van der Waals surface area contributed by atoms with Gasteiger partial charge in [0.2, 0.25) is 0 Å².